The van der Waals surface area contributed by atoms with Gasteiger partial charge in [-0.15, -0.1) is 0 Å². The van der Waals surface area contributed by atoms with Crippen LogP contribution < -0.4 is 24.4 Å². The van der Waals surface area contributed by atoms with Crippen LogP contribution in [0.4, 0.5) is 5.69 Å². The zero-order valence-corrected chi connectivity index (χ0v) is 14.9. The molecule has 2 aromatic rings. The summed E-state index contributed by atoms with van der Waals surface area (Å²) in [7, 11) is 4.65. The fourth-order valence-electron chi connectivity index (χ4n) is 3.18. The zero-order chi connectivity index (χ0) is 18.7. The van der Waals surface area contributed by atoms with Crippen LogP contribution in [0.1, 0.15) is 11.7 Å². The van der Waals surface area contributed by atoms with Crippen molar-refractivity contribution >= 4 is 11.7 Å². The molecule has 7 nitrogen and oxygen atoms in total. The minimum absolute atomic E-state index is 0.278. The topological polar surface area (TPSA) is 80.3 Å². The quantitative estimate of drug-likeness (QED) is 0.820. The number of methoxy groups -OCH3 is 3. The van der Waals surface area contributed by atoms with Gasteiger partial charge in [0.2, 0.25) is 5.75 Å². The van der Waals surface area contributed by atoms with E-state index in [9.17, 15) is 9.90 Å². The SMILES string of the molecule is COc1cc(N2CC(C(=O)O)NC2c2ccccc2)cc(OC)c1OC. The van der Waals surface area contributed by atoms with Crippen molar-refractivity contribution in [3.05, 3.63) is 48.0 Å². The maximum Gasteiger partial charge on any atom is 0.322 e. The molecule has 0 radical (unpaired) electrons. The van der Waals surface area contributed by atoms with E-state index in [1.54, 1.807) is 21.3 Å². The van der Waals surface area contributed by atoms with E-state index in [1.807, 2.05) is 47.4 Å². The summed E-state index contributed by atoms with van der Waals surface area (Å²) in [5, 5.41) is 12.6. The first-order valence-corrected chi connectivity index (χ1v) is 8.19. The molecule has 0 spiro atoms. The normalized spacial score (nSPS) is 19.3. The summed E-state index contributed by atoms with van der Waals surface area (Å²) in [6.07, 6.45) is -0.278. The third kappa shape index (κ3) is 3.25. The summed E-state index contributed by atoms with van der Waals surface area (Å²) in [6, 6.07) is 12.7. The second-order valence-corrected chi connectivity index (χ2v) is 5.91. The van der Waals surface area contributed by atoms with Crippen LogP contribution in [0.5, 0.6) is 17.2 Å². The molecule has 0 aromatic heterocycles. The number of nitrogens with one attached hydrogen (secondary N) is 1. The van der Waals surface area contributed by atoms with Gasteiger partial charge in [0.25, 0.3) is 0 Å². The molecule has 26 heavy (non-hydrogen) atoms. The summed E-state index contributed by atoms with van der Waals surface area (Å²) in [5.74, 6) is 0.651. The van der Waals surface area contributed by atoms with Crippen LogP contribution in [0.15, 0.2) is 42.5 Å². The van der Waals surface area contributed by atoms with Gasteiger partial charge in [-0.05, 0) is 5.56 Å². The molecule has 0 bridgehead atoms. The first-order chi connectivity index (χ1) is 12.6. The van der Waals surface area contributed by atoms with E-state index in [2.05, 4.69) is 5.32 Å². The Morgan fingerprint density at radius 3 is 2.19 bits per heavy atom. The van der Waals surface area contributed by atoms with Crippen molar-refractivity contribution in [2.45, 2.75) is 12.2 Å². The third-order valence-corrected chi connectivity index (χ3v) is 4.44. The number of carbonyl (C=O) groups is 1. The highest BCUT2D eigenvalue weighted by Gasteiger charge is 2.37. The Morgan fingerprint density at radius 2 is 1.69 bits per heavy atom. The van der Waals surface area contributed by atoms with Crippen molar-refractivity contribution in [3.63, 3.8) is 0 Å². The first kappa shape index (κ1) is 17.9. The van der Waals surface area contributed by atoms with Gasteiger partial charge in [-0.2, -0.15) is 0 Å². The van der Waals surface area contributed by atoms with Crippen molar-refractivity contribution in [3.8, 4) is 17.2 Å². The summed E-state index contributed by atoms with van der Waals surface area (Å²) in [6.45, 7) is 0.313. The minimum atomic E-state index is -0.888. The smallest absolute Gasteiger partial charge is 0.322 e. The fraction of sp³-hybridized carbons (Fsp3) is 0.316. The van der Waals surface area contributed by atoms with Gasteiger partial charge in [0.1, 0.15) is 12.2 Å². The van der Waals surface area contributed by atoms with E-state index in [4.69, 9.17) is 14.2 Å². The number of carboxylic acids is 1. The first-order valence-electron chi connectivity index (χ1n) is 8.19. The van der Waals surface area contributed by atoms with Crippen molar-refractivity contribution in [1.29, 1.82) is 0 Å². The van der Waals surface area contributed by atoms with E-state index >= 15 is 0 Å². The van der Waals surface area contributed by atoms with Crippen LogP contribution in [0.3, 0.4) is 0 Å². The van der Waals surface area contributed by atoms with Gasteiger partial charge < -0.3 is 24.2 Å². The highest BCUT2D eigenvalue weighted by molar-refractivity contribution is 5.76. The Morgan fingerprint density at radius 1 is 1.08 bits per heavy atom. The molecule has 0 aliphatic carbocycles. The molecule has 1 saturated heterocycles. The third-order valence-electron chi connectivity index (χ3n) is 4.44. The van der Waals surface area contributed by atoms with Crippen LogP contribution in [0.2, 0.25) is 0 Å². The monoisotopic (exact) mass is 358 g/mol. The number of hydrogen-bond acceptors (Lipinski definition) is 6. The lowest BCUT2D eigenvalue weighted by Crippen LogP contribution is -2.33. The van der Waals surface area contributed by atoms with Gasteiger partial charge in [0.15, 0.2) is 11.5 Å². The summed E-state index contributed by atoms with van der Waals surface area (Å²) < 4.78 is 16.2. The molecule has 2 N–H and O–H groups in total. The average Bonchev–Trinajstić information content (AvgIpc) is 3.13. The minimum Gasteiger partial charge on any atom is -0.493 e. The Kier molecular flexibility index (Phi) is 5.18. The molecule has 3 rings (SSSR count). The van der Waals surface area contributed by atoms with Gasteiger partial charge in [0, 0.05) is 24.4 Å². The van der Waals surface area contributed by atoms with Crippen LogP contribution in [-0.2, 0) is 4.79 Å². The Labute approximate surface area is 152 Å². The molecular formula is C19H22N2O5. The molecule has 138 valence electrons. The van der Waals surface area contributed by atoms with E-state index in [0.717, 1.165) is 11.3 Å². The van der Waals surface area contributed by atoms with E-state index in [-0.39, 0.29) is 6.17 Å². The van der Waals surface area contributed by atoms with E-state index < -0.39 is 12.0 Å². The number of anilines is 1. The van der Waals surface area contributed by atoms with E-state index in [1.165, 1.54) is 0 Å². The van der Waals surface area contributed by atoms with Crippen molar-refractivity contribution < 1.29 is 24.1 Å². The zero-order valence-electron chi connectivity index (χ0n) is 14.9. The summed E-state index contributed by atoms with van der Waals surface area (Å²) in [5.41, 5.74) is 1.76. The lowest BCUT2D eigenvalue weighted by atomic mass is 10.1. The fourth-order valence-corrected chi connectivity index (χ4v) is 3.18. The van der Waals surface area contributed by atoms with Crippen LogP contribution >= 0.6 is 0 Å². The predicted octanol–water partition coefficient (Wildman–Crippen LogP) is 2.27. The van der Waals surface area contributed by atoms with Crippen molar-refractivity contribution in [1.82, 2.24) is 5.32 Å². The second-order valence-electron chi connectivity index (χ2n) is 5.91. The highest BCUT2D eigenvalue weighted by Crippen LogP contribution is 2.43. The second kappa shape index (κ2) is 7.53. The molecule has 1 aliphatic rings. The standard InChI is InChI=1S/C19H22N2O5/c1-24-15-9-13(10-16(25-2)17(15)26-3)21-11-14(19(22)23)20-18(21)12-7-5-4-6-8-12/h4-10,14,18,20H,11H2,1-3H3,(H,22,23). The molecule has 2 unspecified atom stereocenters. The van der Waals surface area contributed by atoms with Crippen LogP contribution in [0, 0.1) is 0 Å². The maximum absolute atomic E-state index is 11.5. The molecular weight excluding hydrogens is 336 g/mol. The number of hydrogen-bond donors (Lipinski definition) is 2. The molecule has 1 heterocycles. The number of rotatable bonds is 6. The Hall–Kier alpha value is -2.93. The lowest BCUT2D eigenvalue weighted by Gasteiger charge is -2.27. The van der Waals surface area contributed by atoms with Gasteiger partial charge in [-0.3, -0.25) is 10.1 Å². The highest BCUT2D eigenvalue weighted by atomic mass is 16.5. The molecule has 0 amide bonds. The number of ether oxygens (including phenoxy) is 3. The maximum atomic E-state index is 11.5. The van der Waals surface area contributed by atoms with Gasteiger partial charge >= 0.3 is 5.97 Å². The predicted molar refractivity (Wildman–Crippen MR) is 97.2 cm³/mol. The van der Waals surface area contributed by atoms with Gasteiger partial charge in [0.05, 0.1) is 21.3 Å². The van der Waals surface area contributed by atoms with Crippen molar-refractivity contribution in [2.24, 2.45) is 0 Å². The largest absolute Gasteiger partial charge is 0.493 e. The molecule has 1 fully saturated rings. The van der Waals surface area contributed by atoms with Gasteiger partial charge in [-0.25, -0.2) is 0 Å². The van der Waals surface area contributed by atoms with Crippen LogP contribution in [-0.4, -0.2) is 45.0 Å². The molecule has 2 aromatic carbocycles. The molecule has 1 aliphatic heterocycles. The average molecular weight is 358 g/mol. The molecule has 0 saturated carbocycles. The van der Waals surface area contributed by atoms with Gasteiger partial charge in [-0.1, -0.05) is 30.3 Å². The lowest BCUT2D eigenvalue weighted by molar-refractivity contribution is -0.138. The van der Waals surface area contributed by atoms with Crippen molar-refractivity contribution in [2.75, 3.05) is 32.8 Å². The number of carboxylic acid groups (broad SMARTS) is 1. The number of benzene rings is 2. The molecule has 2 atom stereocenters. The summed E-state index contributed by atoms with van der Waals surface area (Å²) in [4.78, 5) is 13.5. The Balaban J connectivity index is 2.06. The van der Waals surface area contributed by atoms with Crippen LogP contribution in [0.25, 0.3) is 0 Å². The number of nitrogens with zero attached hydrogens (tertiary/aromatic N) is 1. The Bertz CT molecular complexity index is 756. The van der Waals surface area contributed by atoms with E-state index in [0.29, 0.717) is 23.8 Å². The molecule has 7 heteroatoms. The number of aliphatic carboxylic acids is 1. The summed E-state index contributed by atoms with van der Waals surface area (Å²) >= 11 is 0.